The van der Waals surface area contributed by atoms with Gasteiger partial charge >= 0.3 is 0 Å². The first-order valence-electron chi connectivity index (χ1n) is 11.4. The van der Waals surface area contributed by atoms with Crippen LogP contribution in [0.5, 0.6) is 0 Å². The Bertz CT molecular complexity index is 655. The van der Waals surface area contributed by atoms with Crippen molar-refractivity contribution in [3.63, 3.8) is 0 Å². The number of fused-ring (bicyclic) bond motifs is 1. The van der Waals surface area contributed by atoms with E-state index >= 15 is 0 Å². The number of nitrogens with one attached hydrogen (secondary N) is 1. The second-order valence-corrected chi connectivity index (χ2v) is 9.23. The van der Waals surface area contributed by atoms with Crippen LogP contribution in [0.3, 0.4) is 0 Å². The second kappa shape index (κ2) is 8.54. The van der Waals surface area contributed by atoms with E-state index < -0.39 is 0 Å². The highest BCUT2D eigenvalue weighted by atomic mass is 16.2. The average molecular weight is 384 g/mol. The van der Waals surface area contributed by atoms with Crippen LogP contribution in [0.1, 0.15) is 69.9 Å². The zero-order chi connectivity index (χ0) is 19.6. The molecule has 1 N–H and O–H groups in total. The van der Waals surface area contributed by atoms with Crippen LogP contribution in [-0.2, 0) is 4.79 Å². The zero-order valence-electron chi connectivity index (χ0n) is 17.7. The molecule has 0 bridgehead atoms. The Labute approximate surface area is 170 Å². The molecular formula is C24H37N3O. The Hall–Kier alpha value is -1.39. The lowest BCUT2D eigenvalue weighted by Gasteiger charge is -2.44. The standard InChI is InChI=1S/C24H37N3O/c1-3-26(2)24(14-8-5-9-15-24)18-25-23(28)20-17-22(19-11-6-4-7-12-19)27-16-10-13-21(20)27/h4,6-7,11-12,20-22H,3,5,8-10,13-18H2,1-2H3,(H,25,28)/t20-,21+,22-/m0/s1. The molecule has 1 amide bonds. The number of nitrogens with zero attached hydrogens (tertiary/aromatic N) is 2. The fourth-order valence-electron chi connectivity index (χ4n) is 6.07. The quantitative estimate of drug-likeness (QED) is 0.807. The highest BCUT2D eigenvalue weighted by Crippen LogP contribution is 2.45. The molecule has 0 unspecified atom stereocenters. The van der Waals surface area contributed by atoms with Crippen LogP contribution in [0.25, 0.3) is 0 Å². The van der Waals surface area contributed by atoms with E-state index in [0.717, 1.165) is 26.1 Å². The van der Waals surface area contributed by atoms with Crippen LogP contribution in [0.4, 0.5) is 0 Å². The number of hydrogen-bond donors (Lipinski definition) is 1. The first-order chi connectivity index (χ1) is 13.6. The molecule has 3 aliphatic rings. The Morgan fingerprint density at radius 3 is 2.64 bits per heavy atom. The van der Waals surface area contributed by atoms with E-state index in [4.69, 9.17) is 0 Å². The fourth-order valence-corrected chi connectivity index (χ4v) is 6.07. The number of benzene rings is 1. The number of likely N-dealkylation sites (N-methyl/N-ethyl adjacent to an activating group) is 1. The van der Waals surface area contributed by atoms with Gasteiger partial charge < -0.3 is 5.32 Å². The molecule has 2 heterocycles. The van der Waals surface area contributed by atoms with E-state index in [2.05, 4.69) is 59.4 Å². The molecule has 4 heteroatoms. The Morgan fingerprint density at radius 2 is 1.93 bits per heavy atom. The van der Waals surface area contributed by atoms with Gasteiger partial charge in [-0.2, -0.15) is 0 Å². The molecule has 0 aromatic heterocycles. The van der Waals surface area contributed by atoms with Crippen LogP contribution in [-0.4, -0.2) is 54.0 Å². The van der Waals surface area contributed by atoms with E-state index in [1.54, 1.807) is 0 Å². The highest BCUT2D eigenvalue weighted by molar-refractivity contribution is 5.80. The van der Waals surface area contributed by atoms with Crippen LogP contribution in [0, 0.1) is 5.92 Å². The molecule has 154 valence electrons. The molecule has 0 radical (unpaired) electrons. The van der Waals surface area contributed by atoms with Crippen molar-refractivity contribution in [1.29, 1.82) is 0 Å². The van der Waals surface area contributed by atoms with E-state index in [0.29, 0.717) is 18.0 Å². The van der Waals surface area contributed by atoms with Crippen molar-refractivity contribution in [2.24, 2.45) is 5.92 Å². The predicted octanol–water partition coefficient (Wildman–Crippen LogP) is 3.98. The minimum absolute atomic E-state index is 0.139. The summed E-state index contributed by atoms with van der Waals surface area (Å²) < 4.78 is 0. The molecule has 2 aliphatic heterocycles. The SMILES string of the molecule is CCN(C)C1(CNC(=O)[C@H]2C[C@@H](c3ccccc3)N3CCC[C@H]23)CCCCC1. The molecule has 3 atom stereocenters. The third kappa shape index (κ3) is 3.73. The van der Waals surface area contributed by atoms with Crippen molar-refractivity contribution in [2.75, 3.05) is 26.7 Å². The molecule has 4 nitrogen and oxygen atoms in total. The molecule has 1 saturated carbocycles. The molecule has 0 spiro atoms. The number of rotatable bonds is 6. The van der Waals surface area contributed by atoms with Crippen molar-refractivity contribution in [3.05, 3.63) is 35.9 Å². The maximum atomic E-state index is 13.3. The first-order valence-corrected chi connectivity index (χ1v) is 11.4. The summed E-state index contributed by atoms with van der Waals surface area (Å²) in [7, 11) is 2.23. The summed E-state index contributed by atoms with van der Waals surface area (Å²) in [5.41, 5.74) is 1.54. The first kappa shape index (κ1) is 19.9. The normalized spacial score (nSPS) is 29.8. The summed E-state index contributed by atoms with van der Waals surface area (Å²) >= 11 is 0. The van der Waals surface area contributed by atoms with Crippen LogP contribution < -0.4 is 5.32 Å². The molecule has 1 aromatic carbocycles. The minimum atomic E-state index is 0.139. The Kier molecular flexibility index (Phi) is 6.07. The van der Waals surface area contributed by atoms with Gasteiger partial charge in [-0.1, -0.05) is 56.5 Å². The smallest absolute Gasteiger partial charge is 0.224 e. The Balaban J connectivity index is 1.44. The fraction of sp³-hybridized carbons (Fsp3) is 0.708. The molecule has 4 rings (SSSR count). The third-order valence-electron chi connectivity index (χ3n) is 7.87. The van der Waals surface area contributed by atoms with E-state index in [9.17, 15) is 4.79 Å². The van der Waals surface area contributed by atoms with Gasteiger partial charge in [-0.05, 0) is 57.8 Å². The van der Waals surface area contributed by atoms with Gasteiger partial charge in [0.25, 0.3) is 0 Å². The number of amides is 1. The summed E-state index contributed by atoms with van der Waals surface area (Å²) in [6.45, 7) is 5.23. The van der Waals surface area contributed by atoms with Gasteiger partial charge in [-0.15, -0.1) is 0 Å². The van der Waals surface area contributed by atoms with Crippen LogP contribution >= 0.6 is 0 Å². The molecule has 28 heavy (non-hydrogen) atoms. The van der Waals surface area contributed by atoms with Crippen molar-refractivity contribution >= 4 is 5.91 Å². The molecular weight excluding hydrogens is 346 g/mol. The van der Waals surface area contributed by atoms with E-state index in [1.807, 2.05) is 0 Å². The Morgan fingerprint density at radius 1 is 1.18 bits per heavy atom. The second-order valence-electron chi connectivity index (χ2n) is 9.23. The van der Waals surface area contributed by atoms with Crippen LogP contribution in [0.2, 0.25) is 0 Å². The lowest BCUT2D eigenvalue weighted by molar-refractivity contribution is -0.126. The largest absolute Gasteiger partial charge is 0.354 e. The van der Waals surface area contributed by atoms with Crippen molar-refractivity contribution in [3.8, 4) is 0 Å². The van der Waals surface area contributed by atoms with Crippen molar-refractivity contribution in [1.82, 2.24) is 15.1 Å². The monoisotopic (exact) mass is 383 g/mol. The van der Waals surface area contributed by atoms with Crippen molar-refractivity contribution < 1.29 is 4.79 Å². The number of carbonyl (C=O) groups excluding carboxylic acids is 1. The lowest BCUT2D eigenvalue weighted by Crippen LogP contribution is -2.56. The molecule has 1 aliphatic carbocycles. The van der Waals surface area contributed by atoms with Crippen molar-refractivity contribution in [2.45, 2.75) is 75.9 Å². The average Bonchev–Trinajstić information content (AvgIpc) is 3.35. The number of carbonyl (C=O) groups is 1. The predicted molar refractivity (Wildman–Crippen MR) is 114 cm³/mol. The zero-order valence-corrected chi connectivity index (χ0v) is 17.7. The van der Waals surface area contributed by atoms with Gasteiger partial charge in [0.15, 0.2) is 0 Å². The summed E-state index contributed by atoms with van der Waals surface area (Å²) in [6, 6.07) is 11.6. The van der Waals surface area contributed by atoms with Gasteiger partial charge in [0, 0.05) is 24.2 Å². The topological polar surface area (TPSA) is 35.6 Å². The lowest BCUT2D eigenvalue weighted by atomic mass is 9.80. The van der Waals surface area contributed by atoms with Gasteiger partial charge in [-0.3, -0.25) is 14.6 Å². The summed E-state index contributed by atoms with van der Waals surface area (Å²) in [5.74, 6) is 0.435. The summed E-state index contributed by atoms with van der Waals surface area (Å²) in [5, 5.41) is 3.43. The number of hydrogen-bond acceptors (Lipinski definition) is 3. The van der Waals surface area contributed by atoms with Crippen LogP contribution in [0.15, 0.2) is 30.3 Å². The minimum Gasteiger partial charge on any atom is -0.354 e. The highest BCUT2D eigenvalue weighted by Gasteiger charge is 2.47. The van der Waals surface area contributed by atoms with Gasteiger partial charge in [-0.25, -0.2) is 0 Å². The maximum absolute atomic E-state index is 13.3. The van der Waals surface area contributed by atoms with E-state index in [1.165, 1.54) is 50.5 Å². The van der Waals surface area contributed by atoms with Gasteiger partial charge in [0.2, 0.25) is 5.91 Å². The molecule has 1 aromatic rings. The van der Waals surface area contributed by atoms with Gasteiger partial charge in [0.05, 0.1) is 5.92 Å². The maximum Gasteiger partial charge on any atom is 0.224 e. The van der Waals surface area contributed by atoms with Gasteiger partial charge in [0.1, 0.15) is 0 Å². The molecule has 3 fully saturated rings. The summed E-state index contributed by atoms with van der Waals surface area (Å²) in [6.07, 6.45) is 9.70. The molecule has 2 saturated heterocycles. The van der Waals surface area contributed by atoms with E-state index in [-0.39, 0.29) is 11.5 Å². The summed E-state index contributed by atoms with van der Waals surface area (Å²) in [4.78, 5) is 18.4. The third-order valence-corrected chi connectivity index (χ3v) is 7.87.